The molecule has 25 heavy (non-hydrogen) atoms. The van der Waals surface area contributed by atoms with Crippen LogP contribution in [0.2, 0.25) is 0 Å². The van der Waals surface area contributed by atoms with E-state index in [1.165, 1.54) is 10.6 Å². The molecule has 0 radical (unpaired) electrons. The predicted molar refractivity (Wildman–Crippen MR) is 88.8 cm³/mol. The van der Waals surface area contributed by atoms with Crippen LogP contribution in [0.3, 0.4) is 0 Å². The van der Waals surface area contributed by atoms with Crippen LogP contribution in [-0.2, 0) is 0 Å². The summed E-state index contributed by atoms with van der Waals surface area (Å²) >= 11 is 0. The maximum atomic E-state index is 12.7. The number of likely N-dealkylation sites (tertiary alicyclic amines) is 1. The lowest BCUT2D eigenvalue weighted by Crippen LogP contribution is -2.37. The van der Waals surface area contributed by atoms with Gasteiger partial charge in [-0.3, -0.25) is 4.90 Å². The number of phenols is 1. The SMILES string of the molecule is Nc1nc2c(O)cccc2c2nc([C@@H]3CCCN(CC(F)F)C3)nn12. The Bertz CT molecular complexity index is 928. The molecular formula is C16H18F2N6O. The molecule has 1 fully saturated rings. The average molecular weight is 348 g/mol. The van der Waals surface area contributed by atoms with E-state index in [4.69, 9.17) is 5.73 Å². The molecule has 0 aliphatic carbocycles. The van der Waals surface area contributed by atoms with E-state index in [2.05, 4.69) is 15.1 Å². The van der Waals surface area contributed by atoms with Crippen LogP contribution in [0.1, 0.15) is 24.6 Å². The molecule has 3 heterocycles. The summed E-state index contributed by atoms with van der Waals surface area (Å²) in [5.41, 5.74) is 6.84. The molecule has 2 aromatic heterocycles. The van der Waals surface area contributed by atoms with E-state index in [0.717, 1.165) is 12.8 Å². The van der Waals surface area contributed by atoms with Crippen molar-refractivity contribution in [3.8, 4) is 5.75 Å². The van der Waals surface area contributed by atoms with Gasteiger partial charge in [0.25, 0.3) is 6.43 Å². The van der Waals surface area contributed by atoms with E-state index >= 15 is 0 Å². The van der Waals surface area contributed by atoms with Crippen LogP contribution in [0.25, 0.3) is 16.6 Å². The summed E-state index contributed by atoms with van der Waals surface area (Å²) in [5.74, 6) is 0.697. The van der Waals surface area contributed by atoms with Crippen LogP contribution in [0.4, 0.5) is 14.7 Å². The Hall–Kier alpha value is -2.55. The minimum absolute atomic E-state index is 0.0250. The monoisotopic (exact) mass is 348 g/mol. The fraction of sp³-hybridized carbons (Fsp3) is 0.438. The number of phenolic OH excluding ortho intramolecular Hbond substituents is 1. The number of nitrogens with two attached hydrogens (primary N) is 1. The van der Waals surface area contributed by atoms with Gasteiger partial charge in [0.15, 0.2) is 11.5 Å². The lowest BCUT2D eigenvalue weighted by molar-refractivity contribution is 0.0731. The summed E-state index contributed by atoms with van der Waals surface area (Å²) in [6, 6.07) is 5.03. The summed E-state index contributed by atoms with van der Waals surface area (Å²) in [5, 5.41) is 15.1. The maximum Gasteiger partial charge on any atom is 0.251 e. The number of fused-ring (bicyclic) bond motifs is 3. The van der Waals surface area contributed by atoms with Crippen molar-refractivity contribution < 1.29 is 13.9 Å². The Morgan fingerprint density at radius 3 is 2.96 bits per heavy atom. The highest BCUT2D eigenvalue weighted by Crippen LogP contribution is 2.30. The number of alkyl halides is 2. The first-order valence-corrected chi connectivity index (χ1v) is 8.17. The fourth-order valence-corrected chi connectivity index (χ4v) is 3.45. The number of rotatable bonds is 3. The van der Waals surface area contributed by atoms with E-state index in [0.29, 0.717) is 35.5 Å². The van der Waals surface area contributed by atoms with Crippen molar-refractivity contribution in [1.29, 1.82) is 0 Å². The highest BCUT2D eigenvalue weighted by molar-refractivity contribution is 5.95. The molecule has 132 valence electrons. The third kappa shape index (κ3) is 2.84. The molecule has 7 nitrogen and oxygen atoms in total. The van der Waals surface area contributed by atoms with E-state index < -0.39 is 6.43 Å². The lowest BCUT2D eigenvalue weighted by atomic mass is 9.97. The predicted octanol–water partition coefficient (Wildman–Crippen LogP) is 2.01. The molecule has 0 spiro atoms. The third-order valence-corrected chi connectivity index (χ3v) is 4.59. The van der Waals surface area contributed by atoms with Crippen LogP contribution < -0.4 is 5.73 Å². The van der Waals surface area contributed by atoms with E-state index in [9.17, 15) is 13.9 Å². The molecule has 0 bridgehead atoms. The number of aromatic hydroxyl groups is 1. The van der Waals surface area contributed by atoms with Gasteiger partial charge in [-0.25, -0.2) is 18.7 Å². The summed E-state index contributed by atoms with van der Waals surface area (Å²) in [6.45, 7) is 0.927. The largest absolute Gasteiger partial charge is 0.506 e. The quantitative estimate of drug-likeness (QED) is 0.752. The molecule has 1 aromatic carbocycles. The van der Waals surface area contributed by atoms with E-state index in [1.54, 1.807) is 17.0 Å². The molecule has 3 aromatic rings. The standard InChI is InChI=1S/C16H18F2N6O/c17-12(18)8-23-6-2-3-9(7-23)14-21-15-10-4-1-5-11(25)13(10)20-16(19)24(15)22-14/h1,4-5,9,12,25H,2-3,6-8H2,(H2,19,20)/t9-/m1/s1. The van der Waals surface area contributed by atoms with Gasteiger partial charge in [0, 0.05) is 17.8 Å². The first-order valence-electron chi connectivity index (χ1n) is 8.17. The second-order valence-electron chi connectivity index (χ2n) is 6.34. The van der Waals surface area contributed by atoms with Crippen molar-refractivity contribution in [3.05, 3.63) is 24.0 Å². The van der Waals surface area contributed by atoms with Crippen LogP contribution in [0, 0.1) is 0 Å². The number of para-hydroxylation sites is 1. The number of hydrogen-bond acceptors (Lipinski definition) is 6. The lowest BCUT2D eigenvalue weighted by Gasteiger charge is -2.30. The number of nitrogens with zero attached hydrogens (tertiary/aromatic N) is 5. The number of benzene rings is 1. The van der Waals surface area contributed by atoms with Gasteiger partial charge >= 0.3 is 0 Å². The van der Waals surface area contributed by atoms with Gasteiger partial charge in [-0.05, 0) is 31.5 Å². The van der Waals surface area contributed by atoms with Crippen LogP contribution >= 0.6 is 0 Å². The van der Waals surface area contributed by atoms with Gasteiger partial charge in [-0.2, -0.15) is 4.52 Å². The zero-order valence-corrected chi connectivity index (χ0v) is 13.4. The first kappa shape index (κ1) is 15.9. The minimum atomic E-state index is -2.35. The fourth-order valence-electron chi connectivity index (χ4n) is 3.45. The summed E-state index contributed by atoms with van der Waals surface area (Å²) in [6.07, 6.45) is -0.686. The summed E-state index contributed by atoms with van der Waals surface area (Å²) in [4.78, 5) is 10.5. The molecule has 9 heteroatoms. The molecule has 1 saturated heterocycles. The molecule has 1 aliphatic rings. The Labute approximate surface area is 142 Å². The number of anilines is 1. The first-order chi connectivity index (χ1) is 12.0. The van der Waals surface area contributed by atoms with Crippen molar-refractivity contribution in [1.82, 2.24) is 24.5 Å². The highest BCUT2D eigenvalue weighted by Gasteiger charge is 2.27. The average Bonchev–Trinajstić information content (AvgIpc) is 3.02. The molecule has 1 atom stereocenters. The van der Waals surface area contributed by atoms with Crippen LogP contribution in [0.5, 0.6) is 5.75 Å². The molecular weight excluding hydrogens is 330 g/mol. The molecule has 0 amide bonds. The zero-order chi connectivity index (χ0) is 17.6. The minimum Gasteiger partial charge on any atom is -0.506 e. The Balaban J connectivity index is 1.75. The summed E-state index contributed by atoms with van der Waals surface area (Å²) in [7, 11) is 0. The number of piperidine rings is 1. The van der Waals surface area contributed by atoms with Gasteiger partial charge in [-0.1, -0.05) is 6.07 Å². The van der Waals surface area contributed by atoms with Crippen molar-refractivity contribution in [3.63, 3.8) is 0 Å². The van der Waals surface area contributed by atoms with Crippen molar-refractivity contribution in [2.24, 2.45) is 0 Å². The van der Waals surface area contributed by atoms with E-state index in [-0.39, 0.29) is 24.2 Å². The van der Waals surface area contributed by atoms with Crippen molar-refractivity contribution >= 4 is 22.5 Å². The van der Waals surface area contributed by atoms with Gasteiger partial charge < -0.3 is 10.8 Å². The number of nitrogen functional groups attached to an aromatic ring is 1. The second kappa shape index (κ2) is 6.07. The zero-order valence-electron chi connectivity index (χ0n) is 13.4. The van der Waals surface area contributed by atoms with Crippen LogP contribution in [0.15, 0.2) is 18.2 Å². The Morgan fingerprint density at radius 2 is 2.16 bits per heavy atom. The number of halogens is 2. The normalized spacial score (nSPS) is 19.2. The topological polar surface area (TPSA) is 92.6 Å². The van der Waals surface area contributed by atoms with Gasteiger partial charge in [0.05, 0.1) is 6.54 Å². The molecule has 4 rings (SSSR count). The van der Waals surface area contributed by atoms with Gasteiger partial charge in [0.2, 0.25) is 5.95 Å². The Morgan fingerprint density at radius 1 is 1.32 bits per heavy atom. The van der Waals surface area contributed by atoms with Crippen molar-refractivity contribution in [2.75, 3.05) is 25.4 Å². The molecule has 1 aliphatic heterocycles. The van der Waals surface area contributed by atoms with Gasteiger partial charge in [-0.15, -0.1) is 5.10 Å². The van der Waals surface area contributed by atoms with Crippen LogP contribution in [-0.4, -0.2) is 55.6 Å². The third-order valence-electron chi connectivity index (χ3n) is 4.59. The van der Waals surface area contributed by atoms with Gasteiger partial charge in [0.1, 0.15) is 11.3 Å². The Kier molecular flexibility index (Phi) is 3.87. The summed E-state index contributed by atoms with van der Waals surface area (Å²) < 4.78 is 26.8. The second-order valence-corrected chi connectivity index (χ2v) is 6.34. The highest BCUT2D eigenvalue weighted by atomic mass is 19.3. The van der Waals surface area contributed by atoms with E-state index in [1.807, 2.05) is 0 Å². The molecule has 0 saturated carbocycles. The number of aromatic nitrogens is 4. The smallest absolute Gasteiger partial charge is 0.251 e. The van der Waals surface area contributed by atoms with Crippen molar-refractivity contribution in [2.45, 2.75) is 25.2 Å². The molecule has 0 unspecified atom stereocenters. The molecule has 3 N–H and O–H groups in total. The maximum absolute atomic E-state index is 12.7. The number of hydrogen-bond donors (Lipinski definition) is 2.